The lowest BCUT2D eigenvalue weighted by Crippen LogP contribution is -2.05. The van der Waals surface area contributed by atoms with E-state index in [-0.39, 0.29) is 22.5 Å². The van der Waals surface area contributed by atoms with Gasteiger partial charge in [-0.05, 0) is 6.07 Å². The van der Waals surface area contributed by atoms with Crippen molar-refractivity contribution in [3.63, 3.8) is 0 Å². The maximum Gasteiger partial charge on any atom is 0.358 e. The quantitative estimate of drug-likeness (QED) is 0.719. The molecule has 0 amide bonds. The molecule has 0 spiro atoms. The Kier molecular flexibility index (Phi) is 2.73. The molecule has 2 heterocycles. The lowest BCUT2D eigenvalue weighted by atomic mass is 10.1. The summed E-state index contributed by atoms with van der Waals surface area (Å²) in [5.41, 5.74) is -1.19. The number of nitrogens with zero attached hydrogens (tertiary/aromatic N) is 1. The van der Waals surface area contributed by atoms with Crippen LogP contribution in [0.2, 0.25) is 0 Å². The van der Waals surface area contributed by atoms with Crippen molar-refractivity contribution in [2.45, 2.75) is 0 Å². The molecular weight excluding hydrogens is 278 g/mol. The van der Waals surface area contributed by atoms with Gasteiger partial charge in [0.05, 0.1) is 25.9 Å². The van der Waals surface area contributed by atoms with E-state index in [0.717, 1.165) is 0 Å². The highest BCUT2D eigenvalue weighted by Gasteiger charge is 2.25. The molecule has 0 saturated carbocycles. The van der Waals surface area contributed by atoms with Crippen molar-refractivity contribution < 1.29 is 23.4 Å². The maximum atomic E-state index is 11.8. The maximum absolute atomic E-state index is 11.8. The molecule has 0 unspecified atom stereocenters. The molecule has 0 aliphatic heterocycles. The van der Waals surface area contributed by atoms with Crippen LogP contribution in [-0.2, 0) is 0 Å². The van der Waals surface area contributed by atoms with Crippen molar-refractivity contribution in [1.29, 1.82) is 5.26 Å². The molecule has 1 N–H and O–H groups in total. The summed E-state index contributed by atoms with van der Waals surface area (Å²) < 4.78 is 20.9. The molecule has 7 nitrogen and oxygen atoms in total. The van der Waals surface area contributed by atoms with Gasteiger partial charge in [0.25, 0.3) is 0 Å². The minimum absolute atomic E-state index is 0.0432. The lowest BCUT2D eigenvalue weighted by Gasteiger charge is -2.11. The van der Waals surface area contributed by atoms with E-state index in [1.807, 2.05) is 0 Å². The van der Waals surface area contributed by atoms with Gasteiger partial charge in [0.2, 0.25) is 5.75 Å². The van der Waals surface area contributed by atoms with E-state index >= 15 is 0 Å². The number of rotatable bonds is 2. The summed E-state index contributed by atoms with van der Waals surface area (Å²) in [7, 11) is 2.77. The molecule has 1 aromatic carbocycles. The highest BCUT2D eigenvalue weighted by Crippen LogP contribution is 2.46. The Labute approximate surface area is 117 Å². The second kappa shape index (κ2) is 4.45. The molecule has 7 heteroatoms. The second-order valence-electron chi connectivity index (χ2n) is 4.16. The van der Waals surface area contributed by atoms with Crippen LogP contribution in [0.1, 0.15) is 5.56 Å². The molecule has 0 aliphatic carbocycles. The number of nitriles is 1. The molecular formula is C14H9NO6. The average Bonchev–Trinajstić information content (AvgIpc) is 2.94. The molecule has 0 bridgehead atoms. The van der Waals surface area contributed by atoms with Crippen molar-refractivity contribution in [1.82, 2.24) is 0 Å². The Balaban J connectivity index is 2.70. The molecule has 2 aromatic heterocycles. The summed E-state index contributed by atoms with van der Waals surface area (Å²) in [6.07, 6.45) is 1.41. The Morgan fingerprint density at radius 2 is 1.95 bits per heavy atom. The van der Waals surface area contributed by atoms with Crippen LogP contribution in [0.25, 0.3) is 21.9 Å². The molecule has 21 heavy (non-hydrogen) atoms. The van der Waals surface area contributed by atoms with Crippen LogP contribution in [0.5, 0.6) is 17.2 Å². The number of furan rings is 1. The molecule has 3 aromatic rings. The van der Waals surface area contributed by atoms with Crippen LogP contribution < -0.4 is 15.1 Å². The first-order valence-corrected chi connectivity index (χ1v) is 5.85. The highest BCUT2D eigenvalue weighted by molar-refractivity contribution is 6.09. The van der Waals surface area contributed by atoms with Gasteiger partial charge >= 0.3 is 5.63 Å². The Bertz CT molecular complexity index is 960. The van der Waals surface area contributed by atoms with Gasteiger partial charge in [-0.15, -0.1) is 0 Å². The van der Waals surface area contributed by atoms with E-state index in [1.165, 1.54) is 20.5 Å². The molecule has 3 rings (SSSR count). The van der Waals surface area contributed by atoms with Crippen LogP contribution in [-0.4, -0.2) is 19.3 Å². The van der Waals surface area contributed by atoms with E-state index in [0.29, 0.717) is 11.0 Å². The Hall–Kier alpha value is -3.14. The van der Waals surface area contributed by atoms with Gasteiger partial charge < -0.3 is 23.4 Å². The van der Waals surface area contributed by atoms with Crippen LogP contribution in [0.15, 0.2) is 26.0 Å². The van der Waals surface area contributed by atoms with Crippen molar-refractivity contribution >= 4 is 21.9 Å². The summed E-state index contributed by atoms with van der Waals surface area (Å²) in [5.74, 6) is -0.142. The number of hydrogen-bond acceptors (Lipinski definition) is 7. The summed E-state index contributed by atoms with van der Waals surface area (Å²) in [4.78, 5) is 11.8. The zero-order chi connectivity index (χ0) is 15.1. The molecule has 0 aliphatic rings. The van der Waals surface area contributed by atoms with Crippen molar-refractivity contribution in [2.24, 2.45) is 0 Å². The number of aromatic hydroxyl groups is 1. The molecule has 0 radical (unpaired) electrons. The average molecular weight is 287 g/mol. The molecule has 0 atom stereocenters. The second-order valence-corrected chi connectivity index (χ2v) is 4.16. The van der Waals surface area contributed by atoms with Crippen LogP contribution in [0.4, 0.5) is 0 Å². The fourth-order valence-corrected chi connectivity index (χ4v) is 2.29. The molecule has 0 saturated heterocycles. The van der Waals surface area contributed by atoms with Gasteiger partial charge in [-0.3, -0.25) is 0 Å². The number of methoxy groups -OCH3 is 2. The van der Waals surface area contributed by atoms with E-state index < -0.39 is 16.9 Å². The molecule has 106 valence electrons. The third-order valence-electron chi connectivity index (χ3n) is 3.17. The van der Waals surface area contributed by atoms with Gasteiger partial charge in [-0.1, -0.05) is 0 Å². The van der Waals surface area contributed by atoms with Crippen molar-refractivity contribution in [3.05, 3.63) is 28.3 Å². The van der Waals surface area contributed by atoms with Gasteiger partial charge in [0.1, 0.15) is 17.2 Å². The lowest BCUT2D eigenvalue weighted by molar-refractivity contribution is 0.394. The van der Waals surface area contributed by atoms with Crippen LogP contribution in [0.3, 0.4) is 0 Å². The minimum Gasteiger partial charge on any atom is -0.505 e. The van der Waals surface area contributed by atoms with Crippen molar-refractivity contribution in [2.75, 3.05) is 14.2 Å². The largest absolute Gasteiger partial charge is 0.505 e. The van der Waals surface area contributed by atoms with Gasteiger partial charge in [-0.2, -0.15) is 5.26 Å². The summed E-state index contributed by atoms with van der Waals surface area (Å²) in [6.45, 7) is 0. The zero-order valence-corrected chi connectivity index (χ0v) is 11.1. The predicted octanol–water partition coefficient (Wildman–Crippen LogP) is 2.13. The van der Waals surface area contributed by atoms with E-state index in [9.17, 15) is 9.90 Å². The number of benzene rings is 1. The third kappa shape index (κ3) is 1.56. The summed E-state index contributed by atoms with van der Waals surface area (Å²) in [6, 6.07) is 3.23. The van der Waals surface area contributed by atoms with E-state index in [1.54, 1.807) is 12.1 Å². The van der Waals surface area contributed by atoms with Crippen molar-refractivity contribution in [3.8, 4) is 23.3 Å². The number of ether oxygens (including phenoxy) is 2. The fraction of sp³-hybridized carbons (Fsp3) is 0.143. The SMILES string of the molecule is COc1c2occc2c(OC)c2c(O)c(C#N)c(=O)oc12. The van der Waals surface area contributed by atoms with Gasteiger partial charge in [-0.25, -0.2) is 4.79 Å². The minimum atomic E-state index is -0.964. The highest BCUT2D eigenvalue weighted by atomic mass is 16.5. The first kappa shape index (κ1) is 12.9. The van der Waals surface area contributed by atoms with E-state index in [2.05, 4.69) is 0 Å². The zero-order valence-electron chi connectivity index (χ0n) is 11.1. The number of fused-ring (bicyclic) bond motifs is 2. The predicted molar refractivity (Wildman–Crippen MR) is 71.7 cm³/mol. The monoisotopic (exact) mass is 287 g/mol. The third-order valence-corrected chi connectivity index (χ3v) is 3.17. The normalized spacial score (nSPS) is 10.7. The first-order chi connectivity index (χ1) is 10.1. The number of hydrogen-bond donors (Lipinski definition) is 1. The van der Waals surface area contributed by atoms with Gasteiger partial charge in [0, 0.05) is 0 Å². The Morgan fingerprint density at radius 1 is 1.24 bits per heavy atom. The fourth-order valence-electron chi connectivity index (χ4n) is 2.29. The summed E-state index contributed by atoms with van der Waals surface area (Å²) >= 11 is 0. The smallest absolute Gasteiger partial charge is 0.358 e. The van der Waals surface area contributed by atoms with Crippen LogP contribution >= 0.6 is 0 Å². The van der Waals surface area contributed by atoms with Crippen LogP contribution in [0, 0.1) is 11.3 Å². The molecule has 0 fully saturated rings. The first-order valence-electron chi connectivity index (χ1n) is 5.85. The summed E-state index contributed by atoms with van der Waals surface area (Å²) in [5, 5.41) is 19.8. The van der Waals surface area contributed by atoms with Gasteiger partial charge in [0.15, 0.2) is 22.5 Å². The Morgan fingerprint density at radius 3 is 2.57 bits per heavy atom. The van der Waals surface area contributed by atoms with E-state index in [4.69, 9.17) is 23.6 Å². The topological polar surface area (TPSA) is 106 Å². The standard InChI is InChI=1S/C14H9NO6/c1-18-10-6-3-4-20-11(6)13(19-2)12-8(10)9(16)7(5-15)14(17)21-12/h3-4,16H,1-2H3.